The van der Waals surface area contributed by atoms with Crippen LogP contribution in [0.25, 0.3) is 0 Å². The van der Waals surface area contributed by atoms with Crippen molar-refractivity contribution in [3.8, 4) is 0 Å². The number of carbonyl (C=O) groups excluding carboxylic acids is 2. The molecule has 1 aliphatic rings. The predicted molar refractivity (Wildman–Crippen MR) is 99.3 cm³/mol. The number of anilines is 1. The molecule has 0 unspecified atom stereocenters. The number of benzene rings is 2. The van der Waals surface area contributed by atoms with E-state index in [9.17, 15) is 9.59 Å². The summed E-state index contributed by atoms with van der Waals surface area (Å²) in [6.45, 7) is 2.93. The first kappa shape index (κ1) is 17.5. The topological polar surface area (TPSA) is 52.7 Å². The van der Waals surface area contributed by atoms with E-state index >= 15 is 0 Å². The second-order valence-electron chi connectivity index (χ2n) is 5.99. The summed E-state index contributed by atoms with van der Waals surface area (Å²) in [6.07, 6.45) is 0. The number of urea groups is 1. The van der Waals surface area contributed by atoms with Gasteiger partial charge in [-0.25, -0.2) is 4.79 Å². The number of para-hydroxylation sites is 1. The fraction of sp³-hybridized carbons (Fsp3) is 0.263. The van der Waals surface area contributed by atoms with E-state index in [2.05, 4.69) is 10.2 Å². The summed E-state index contributed by atoms with van der Waals surface area (Å²) in [5, 5.41) is 3.51. The van der Waals surface area contributed by atoms with Crippen molar-refractivity contribution in [2.75, 3.05) is 38.0 Å². The number of ketones is 1. The third-order valence-electron chi connectivity index (χ3n) is 4.22. The van der Waals surface area contributed by atoms with Crippen molar-refractivity contribution in [3.63, 3.8) is 0 Å². The Morgan fingerprint density at radius 1 is 0.920 bits per heavy atom. The summed E-state index contributed by atoms with van der Waals surface area (Å²) in [5.41, 5.74) is 1.45. The Kier molecular flexibility index (Phi) is 5.68. The van der Waals surface area contributed by atoms with E-state index in [0.29, 0.717) is 43.3 Å². The molecule has 0 bridgehead atoms. The average molecular weight is 358 g/mol. The zero-order valence-corrected chi connectivity index (χ0v) is 14.6. The van der Waals surface area contributed by atoms with Crippen LogP contribution in [0.3, 0.4) is 0 Å². The molecule has 0 spiro atoms. The van der Waals surface area contributed by atoms with Gasteiger partial charge in [-0.2, -0.15) is 0 Å². The van der Waals surface area contributed by atoms with E-state index in [1.165, 1.54) is 0 Å². The summed E-state index contributed by atoms with van der Waals surface area (Å²) < 4.78 is 0. The van der Waals surface area contributed by atoms with Gasteiger partial charge in [-0.1, -0.05) is 29.8 Å². The van der Waals surface area contributed by atoms with Crippen LogP contribution in [0.4, 0.5) is 10.5 Å². The average Bonchev–Trinajstić information content (AvgIpc) is 2.63. The van der Waals surface area contributed by atoms with Gasteiger partial charge in [0.25, 0.3) is 0 Å². The molecular weight excluding hydrogens is 338 g/mol. The molecule has 2 amide bonds. The number of amides is 2. The molecule has 1 fully saturated rings. The van der Waals surface area contributed by atoms with Gasteiger partial charge in [0.1, 0.15) is 0 Å². The molecule has 1 heterocycles. The highest BCUT2D eigenvalue weighted by molar-refractivity contribution is 6.30. The van der Waals surface area contributed by atoms with Crippen LogP contribution in [0.5, 0.6) is 0 Å². The minimum atomic E-state index is -0.102. The number of rotatable bonds is 4. The highest BCUT2D eigenvalue weighted by atomic mass is 35.5. The van der Waals surface area contributed by atoms with Gasteiger partial charge in [0, 0.05) is 42.5 Å². The van der Waals surface area contributed by atoms with E-state index < -0.39 is 0 Å². The van der Waals surface area contributed by atoms with Crippen LogP contribution < -0.4 is 5.32 Å². The molecule has 0 radical (unpaired) electrons. The number of nitrogens with one attached hydrogen (secondary N) is 1. The van der Waals surface area contributed by atoms with Crippen molar-refractivity contribution in [1.82, 2.24) is 9.80 Å². The number of halogens is 1. The van der Waals surface area contributed by atoms with Crippen molar-refractivity contribution in [1.29, 1.82) is 0 Å². The van der Waals surface area contributed by atoms with Gasteiger partial charge in [0.05, 0.1) is 6.54 Å². The first-order chi connectivity index (χ1) is 12.1. The molecule has 0 aromatic heterocycles. The lowest BCUT2D eigenvalue weighted by molar-refractivity contribution is 0.0884. The molecule has 130 valence electrons. The molecule has 0 saturated carbocycles. The molecule has 6 heteroatoms. The molecule has 0 atom stereocenters. The number of piperazine rings is 1. The van der Waals surface area contributed by atoms with Crippen molar-refractivity contribution in [2.24, 2.45) is 0 Å². The molecule has 1 aliphatic heterocycles. The van der Waals surface area contributed by atoms with E-state index in [-0.39, 0.29) is 11.8 Å². The monoisotopic (exact) mass is 357 g/mol. The number of hydrogen-bond acceptors (Lipinski definition) is 3. The fourth-order valence-electron chi connectivity index (χ4n) is 2.76. The third kappa shape index (κ3) is 4.81. The Morgan fingerprint density at radius 3 is 2.20 bits per heavy atom. The lowest BCUT2D eigenvalue weighted by Crippen LogP contribution is -2.51. The smallest absolute Gasteiger partial charge is 0.321 e. The van der Waals surface area contributed by atoms with E-state index in [4.69, 9.17) is 11.6 Å². The number of nitrogens with zero attached hydrogens (tertiary/aromatic N) is 2. The maximum Gasteiger partial charge on any atom is 0.321 e. The number of carbonyl (C=O) groups is 2. The van der Waals surface area contributed by atoms with Gasteiger partial charge in [-0.3, -0.25) is 9.69 Å². The normalized spacial score (nSPS) is 15.0. The molecule has 2 aromatic rings. The van der Waals surface area contributed by atoms with Gasteiger partial charge in [0.15, 0.2) is 5.78 Å². The minimum absolute atomic E-state index is 0.0684. The summed E-state index contributed by atoms with van der Waals surface area (Å²) in [4.78, 5) is 28.4. The van der Waals surface area contributed by atoms with Crippen LogP contribution in [0.1, 0.15) is 10.4 Å². The van der Waals surface area contributed by atoms with Crippen LogP contribution in [0, 0.1) is 0 Å². The summed E-state index contributed by atoms with van der Waals surface area (Å²) in [6, 6.07) is 16.2. The summed E-state index contributed by atoms with van der Waals surface area (Å²) in [5.74, 6) is 0.0684. The van der Waals surface area contributed by atoms with Gasteiger partial charge in [0.2, 0.25) is 0 Å². The van der Waals surface area contributed by atoms with Gasteiger partial charge in [-0.05, 0) is 36.4 Å². The SMILES string of the molecule is O=C(CN1CCN(C(=O)Nc2ccccc2)CC1)c1ccc(Cl)cc1. The van der Waals surface area contributed by atoms with Crippen LogP contribution >= 0.6 is 11.6 Å². The molecule has 1 N–H and O–H groups in total. The van der Waals surface area contributed by atoms with Crippen molar-refractivity contribution < 1.29 is 9.59 Å². The van der Waals surface area contributed by atoms with Crippen molar-refractivity contribution >= 4 is 29.1 Å². The molecule has 0 aliphatic carbocycles. The second-order valence-corrected chi connectivity index (χ2v) is 6.43. The molecular formula is C19H20ClN3O2. The van der Waals surface area contributed by atoms with Gasteiger partial charge in [-0.15, -0.1) is 0 Å². The maximum atomic E-state index is 12.3. The molecule has 2 aromatic carbocycles. The van der Waals surface area contributed by atoms with Crippen molar-refractivity contribution in [3.05, 3.63) is 65.2 Å². The summed E-state index contributed by atoms with van der Waals surface area (Å²) in [7, 11) is 0. The third-order valence-corrected chi connectivity index (χ3v) is 4.47. The van der Waals surface area contributed by atoms with Crippen LogP contribution in [-0.4, -0.2) is 54.3 Å². The molecule has 1 saturated heterocycles. The number of hydrogen-bond donors (Lipinski definition) is 1. The standard InChI is InChI=1S/C19H20ClN3O2/c20-16-8-6-15(7-9-16)18(24)14-22-10-12-23(13-11-22)19(25)21-17-4-2-1-3-5-17/h1-9H,10-14H2,(H,21,25). The lowest BCUT2D eigenvalue weighted by Gasteiger charge is -2.34. The first-order valence-electron chi connectivity index (χ1n) is 8.24. The van der Waals surface area contributed by atoms with Gasteiger partial charge >= 0.3 is 6.03 Å². The van der Waals surface area contributed by atoms with Crippen LogP contribution in [0.2, 0.25) is 5.02 Å². The Morgan fingerprint density at radius 2 is 1.56 bits per heavy atom. The van der Waals surface area contributed by atoms with Crippen LogP contribution in [-0.2, 0) is 0 Å². The highest BCUT2D eigenvalue weighted by Crippen LogP contribution is 2.12. The Hall–Kier alpha value is -2.37. The first-order valence-corrected chi connectivity index (χ1v) is 8.62. The largest absolute Gasteiger partial charge is 0.322 e. The molecule has 3 rings (SSSR count). The minimum Gasteiger partial charge on any atom is -0.322 e. The van der Waals surface area contributed by atoms with E-state index in [1.54, 1.807) is 29.2 Å². The lowest BCUT2D eigenvalue weighted by atomic mass is 10.1. The van der Waals surface area contributed by atoms with E-state index in [1.807, 2.05) is 30.3 Å². The van der Waals surface area contributed by atoms with Crippen molar-refractivity contribution in [2.45, 2.75) is 0 Å². The quantitative estimate of drug-likeness (QED) is 0.853. The Labute approximate surface area is 152 Å². The van der Waals surface area contributed by atoms with Crippen LogP contribution in [0.15, 0.2) is 54.6 Å². The second kappa shape index (κ2) is 8.14. The Bertz CT molecular complexity index is 726. The fourth-order valence-corrected chi connectivity index (χ4v) is 2.89. The van der Waals surface area contributed by atoms with E-state index in [0.717, 1.165) is 5.69 Å². The molecule has 5 nitrogen and oxygen atoms in total. The highest BCUT2D eigenvalue weighted by Gasteiger charge is 2.22. The zero-order chi connectivity index (χ0) is 17.6. The summed E-state index contributed by atoms with van der Waals surface area (Å²) >= 11 is 5.85. The zero-order valence-electron chi connectivity index (χ0n) is 13.8. The predicted octanol–water partition coefficient (Wildman–Crippen LogP) is 3.37. The molecule has 25 heavy (non-hydrogen) atoms. The Balaban J connectivity index is 1.47. The van der Waals surface area contributed by atoms with Gasteiger partial charge < -0.3 is 10.2 Å². The maximum absolute atomic E-state index is 12.3. The number of Topliss-reactive ketones (excluding diaryl/α,β-unsaturated/α-hetero) is 1.